The van der Waals surface area contributed by atoms with Crippen LogP contribution < -0.4 is 4.74 Å². The van der Waals surface area contributed by atoms with Gasteiger partial charge in [0.15, 0.2) is 0 Å². The largest absolute Gasteiger partial charge is 0.496 e. The first-order valence-corrected chi connectivity index (χ1v) is 7.61. The molecule has 1 aliphatic heterocycles. The number of aliphatic hydroxyl groups excluding tert-OH is 1. The van der Waals surface area contributed by atoms with E-state index >= 15 is 0 Å². The predicted octanol–water partition coefficient (Wildman–Crippen LogP) is 2.69. The predicted molar refractivity (Wildman–Crippen MR) is 82.3 cm³/mol. The normalized spacial score (nSPS) is 21.0. The molecule has 1 aromatic carbocycles. The number of hydrogen-bond donors (Lipinski definition) is 1. The highest BCUT2D eigenvalue weighted by molar-refractivity contribution is 5.76. The van der Waals surface area contributed by atoms with E-state index in [1.807, 2.05) is 25.1 Å². The van der Waals surface area contributed by atoms with Gasteiger partial charge in [0.25, 0.3) is 0 Å². The number of aryl methyl sites for hydroxylation is 1. The Bertz CT molecular complexity index is 501. The number of likely N-dealkylation sites (tertiary alicyclic amines) is 1. The monoisotopic (exact) mass is 291 g/mol. The fraction of sp³-hybridized carbons (Fsp3) is 0.588. The SMILES string of the molecule is COc1ccc(C)cc1C(O)CN1CCC(C)CCC1=O. The first-order valence-electron chi connectivity index (χ1n) is 7.61. The van der Waals surface area contributed by atoms with Gasteiger partial charge in [-0.25, -0.2) is 0 Å². The molecule has 0 radical (unpaired) electrons. The topological polar surface area (TPSA) is 49.8 Å². The van der Waals surface area contributed by atoms with Crippen LogP contribution in [0.15, 0.2) is 18.2 Å². The van der Waals surface area contributed by atoms with Crippen molar-refractivity contribution in [2.75, 3.05) is 20.2 Å². The average Bonchev–Trinajstić information content (AvgIpc) is 2.62. The molecule has 1 aliphatic rings. The van der Waals surface area contributed by atoms with Gasteiger partial charge in [-0.2, -0.15) is 0 Å². The Balaban J connectivity index is 2.11. The van der Waals surface area contributed by atoms with Gasteiger partial charge in [-0.1, -0.05) is 18.6 Å². The van der Waals surface area contributed by atoms with Gasteiger partial charge in [0.1, 0.15) is 11.9 Å². The number of benzene rings is 1. The Kier molecular flexibility index (Phi) is 5.23. The van der Waals surface area contributed by atoms with Crippen molar-refractivity contribution in [2.24, 2.45) is 5.92 Å². The van der Waals surface area contributed by atoms with Crippen molar-refractivity contribution < 1.29 is 14.6 Å². The quantitative estimate of drug-likeness (QED) is 0.928. The van der Waals surface area contributed by atoms with E-state index in [0.29, 0.717) is 24.6 Å². The lowest BCUT2D eigenvalue weighted by molar-refractivity contribution is -0.132. The van der Waals surface area contributed by atoms with Crippen LogP contribution in [0.3, 0.4) is 0 Å². The molecular formula is C17H25NO3. The standard InChI is InChI=1S/C17H25NO3/c1-12-5-7-17(20)18(9-8-12)11-15(19)14-10-13(2)4-6-16(14)21-3/h4,6,10,12,15,19H,5,7-9,11H2,1-3H3. The second-order valence-corrected chi connectivity index (χ2v) is 6.03. The summed E-state index contributed by atoms with van der Waals surface area (Å²) in [6.07, 6.45) is 1.82. The number of rotatable bonds is 4. The molecule has 1 fully saturated rings. The summed E-state index contributed by atoms with van der Waals surface area (Å²) in [4.78, 5) is 13.9. The number of amides is 1. The van der Waals surface area contributed by atoms with E-state index in [-0.39, 0.29) is 5.91 Å². The van der Waals surface area contributed by atoms with E-state index in [1.165, 1.54) is 0 Å². The highest BCUT2D eigenvalue weighted by atomic mass is 16.5. The number of aliphatic hydroxyl groups is 1. The molecule has 116 valence electrons. The number of ether oxygens (including phenoxy) is 1. The van der Waals surface area contributed by atoms with Crippen LogP contribution in [0.1, 0.15) is 43.4 Å². The van der Waals surface area contributed by atoms with Crippen molar-refractivity contribution in [3.8, 4) is 5.75 Å². The zero-order chi connectivity index (χ0) is 15.4. The van der Waals surface area contributed by atoms with Crippen LogP contribution in [0.5, 0.6) is 5.75 Å². The molecule has 21 heavy (non-hydrogen) atoms. The van der Waals surface area contributed by atoms with Crippen LogP contribution in [0.25, 0.3) is 0 Å². The minimum Gasteiger partial charge on any atom is -0.496 e. The number of hydrogen-bond acceptors (Lipinski definition) is 3. The van der Waals surface area contributed by atoms with E-state index in [2.05, 4.69) is 6.92 Å². The highest BCUT2D eigenvalue weighted by Crippen LogP contribution is 2.28. The van der Waals surface area contributed by atoms with Gasteiger partial charge in [0, 0.05) is 18.5 Å². The molecule has 4 heteroatoms. The third-order valence-corrected chi connectivity index (χ3v) is 4.23. The fourth-order valence-corrected chi connectivity index (χ4v) is 2.79. The maximum absolute atomic E-state index is 12.1. The summed E-state index contributed by atoms with van der Waals surface area (Å²) in [7, 11) is 1.60. The molecule has 0 aliphatic carbocycles. The van der Waals surface area contributed by atoms with Crippen LogP contribution in [0.4, 0.5) is 0 Å². The van der Waals surface area contributed by atoms with Gasteiger partial charge in [-0.15, -0.1) is 0 Å². The molecule has 2 rings (SSSR count). The second kappa shape index (κ2) is 6.94. The molecule has 1 aromatic rings. The third kappa shape index (κ3) is 3.97. The Morgan fingerprint density at radius 3 is 2.90 bits per heavy atom. The Labute approximate surface area is 126 Å². The Morgan fingerprint density at radius 1 is 1.43 bits per heavy atom. The van der Waals surface area contributed by atoms with Gasteiger partial charge in [0.2, 0.25) is 5.91 Å². The van der Waals surface area contributed by atoms with Crippen molar-refractivity contribution in [3.63, 3.8) is 0 Å². The van der Waals surface area contributed by atoms with Crippen molar-refractivity contribution in [2.45, 2.75) is 39.2 Å². The summed E-state index contributed by atoms with van der Waals surface area (Å²) < 4.78 is 5.32. The van der Waals surface area contributed by atoms with Crippen molar-refractivity contribution >= 4 is 5.91 Å². The van der Waals surface area contributed by atoms with Crippen LogP contribution in [-0.4, -0.2) is 36.1 Å². The molecule has 1 saturated heterocycles. The van der Waals surface area contributed by atoms with Crippen molar-refractivity contribution in [3.05, 3.63) is 29.3 Å². The van der Waals surface area contributed by atoms with Gasteiger partial charge in [-0.3, -0.25) is 4.79 Å². The molecule has 1 heterocycles. The number of β-amino-alcohol motifs (C(OH)–C–C–N with tert-alkyl or cyclic N) is 1. The number of carbonyl (C=O) groups excluding carboxylic acids is 1. The minimum absolute atomic E-state index is 0.144. The van der Waals surface area contributed by atoms with Gasteiger partial charge in [-0.05, 0) is 37.8 Å². The summed E-state index contributed by atoms with van der Waals surface area (Å²) in [6.45, 7) is 5.22. The van der Waals surface area contributed by atoms with Gasteiger partial charge >= 0.3 is 0 Å². The maximum atomic E-state index is 12.1. The Hall–Kier alpha value is -1.55. The zero-order valence-corrected chi connectivity index (χ0v) is 13.1. The molecule has 0 aromatic heterocycles. The molecule has 0 saturated carbocycles. The smallest absolute Gasteiger partial charge is 0.222 e. The molecule has 1 N–H and O–H groups in total. The lowest BCUT2D eigenvalue weighted by Gasteiger charge is -2.25. The number of nitrogens with zero attached hydrogens (tertiary/aromatic N) is 1. The minimum atomic E-state index is -0.711. The van der Waals surface area contributed by atoms with Crippen molar-refractivity contribution in [1.82, 2.24) is 4.90 Å². The maximum Gasteiger partial charge on any atom is 0.222 e. The van der Waals surface area contributed by atoms with Gasteiger partial charge < -0.3 is 14.7 Å². The number of carbonyl (C=O) groups is 1. The summed E-state index contributed by atoms with van der Waals surface area (Å²) >= 11 is 0. The second-order valence-electron chi connectivity index (χ2n) is 6.03. The molecular weight excluding hydrogens is 266 g/mol. The average molecular weight is 291 g/mol. The van der Waals surface area contributed by atoms with Crippen molar-refractivity contribution in [1.29, 1.82) is 0 Å². The van der Waals surface area contributed by atoms with Crippen LogP contribution in [0.2, 0.25) is 0 Å². The number of methoxy groups -OCH3 is 1. The molecule has 4 nitrogen and oxygen atoms in total. The van der Waals surface area contributed by atoms with Crippen LogP contribution in [-0.2, 0) is 4.79 Å². The summed E-state index contributed by atoms with van der Waals surface area (Å²) in [5.74, 6) is 1.39. The van der Waals surface area contributed by atoms with Crippen LogP contribution >= 0.6 is 0 Å². The zero-order valence-electron chi connectivity index (χ0n) is 13.1. The highest BCUT2D eigenvalue weighted by Gasteiger charge is 2.24. The van der Waals surface area contributed by atoms with E-state index in [1.54, 1.807) is 12.0 Å². The van der Waals surface area contributed by atoms with E-state index < -0.39 is 6.10 Å². The lowest BCUT2D eigenvalue weighted by atomic mass is 10.0. The van der Waals surface area contributed by atoms with Gasteiger partial charge in [0.05, 0.1) is 13.7 Å². The first kappa shape index (κ1) is 15.8. The summed E-state index contributed by atoms with van der Waals surface area (Å²) in [5, 5.41) is 10.5. The molecule has 0 spiro atoms. The van der Waals surface area contributed by atoms with Crippen LogP contribution in [0, 0.1) is 12.8 Å². The van der Waals surface area contributed by atoms with E-state index in [9.17, 15) is 9.90 Å². The molecule has 1 amide bonds. The Morgan fingerprint density at radius 2 is 2.19 bits per heavy atom. The summed E-state index contributed by atoms with van der Waals surface area (Å²) in [6, 6.07) is 5.74. The van der Waals surface area contributed by atoms with E-state index in [4.69, 9.17) is 4.74 Å². The fourth-order valence-electron chi connectivity index (χ4n) is 2.79. The lowest BCUT2D eigenvalue weighted by Crippen LogP contribution is -2.34. The van der Waals surface area contributed by atoms with E-state index in [0.717, 1.165) is 30.5 Å². The molecule has 0 bridgehead atoms. The summed E-state index contributed by atoms with van der Waals surface area (Å²) in [5.41, 5.74) is 1.82. The third-order valence-electron chi connectivity index (χ3n) is 4.23. The first-order chi connectivity index (χ1) is 10.0. The molecule has 2 unspecified atom stereocenters. The molecule has 2 atom stereocenters.